The van der Waals surface area contributed by atoms with Gasteiger partial charge in [0.15, 0.2) is 5.13 Å². The van der Waals surface area contributed by atoms with Crippen LogP contribution in [0.2, 0.25) is 0 Å². The number of piperidine rings is 1. The van der Waals surface area contributed by atoms with Gasteiger partial charge in [-0.15, -0.1) is 11.3 Å². The van der Waals surface area contributed by atoms with Crippen molar-refractivity contribution < 1.29 is 0 Å². The Labute approximate surface area is 126 Å². The number of thiazole rings is 1. The number of aromatic nitrogens is 1. The predicted molar refractivity (Wildman–Crippen MR) is 85.6 cm³/mol. The molecular formula is C15H26N4S. The van der Waals surface area contributed by atoms with Gasteiger partial charge in [0.25, 0.3) is 0 Å². The summed E-state index contributed by atoms with van der Waals surface area (Å²) >= 11 is 1.85. The van der Waals surface area contributed by atoms with Crippen molar-refractivity contribution in [3.63, 3.8) is 0 Å². The van der Waals surface area contributed by atoms with Crippen LogP contribution in [-0.2, 0) is 0 Å². The van der Waals surface area contributed by atoms with Crippen LogP contribution in [0.15, 0.2) is 6.20 Å². The number of hydrogen-bond acceptors (Lipinski definition) is 5. The third kappa shape index (κ3) is 3.00. The molecule has 2 fully saturated rings. The Morgan fingerprint density at radius 2 is 2.10 bits per heavy atom. The summed E-state index contributed by atoms with van der Waals surface area (Å²) in [5, 5.41) is 4.50. The summed E-state index contributed by atoms with van der Waals surface area (Å²) in [6.07, 6.45) is 7.53. The van der Waals surface area contributed by atoms with Crippen molar-refractivity contribution in [2.24, 2.45) is 0 Å². The monoisotopic (exact) mass is 294 g/mol. The minimum absolute atomic E-state index is 0.404. The summed E-state index contributed by atoms with van der Waals surface area (Å²) in [7, 11) is 2.01. The highest BCUT2D eigenvalue weighted by atomic mass is 32.1. The van der Waals surface area contributed by atoms with Gasteiger partial charge in [-0.05, 0) is 46.3 Å². The molecule has 2 unspecified atom stereocenters. The van der Waals surface area contributed by atoms with Crippen molar-refractivity contribution in [2.45, 2.75) is 44.7 Å². The fraction of sp³-hybridized carbons (Fsp3) is 0.800. The summed E-state index contributed by atoms with van der Waals surface area (Å²) in [5.74, 6) is 0. The van der Waals surface area contributed by atoms with Gasteiger partial charge in [0, 0.05) is 36.2 Å². The molecule has 2 saturated heterocycles. The van der Waals surface area contributed by atoms with E-state index in [9.17, 15) is 0 Å². The Morgan fingerprint density at radius 1 is 1.30 bits per heavy atom. The first-order valence-corrected chi connectivity index (χ1v) is 8.71. The first kappa shape index (κ1) is 14.3. The molecule has 3 rings (SSSR count). The quantitative estimate of drug-likeness (QED) is 0.924. The molecule has 2 atom stereocenters. The summed E-state index contributed by atoms with van der Waals surface area (Å²) < 4.78 is 0. The molecule has 0 amide bonds. The van der Waals surface area contributed by atoms with E-state index in [1.54, 1.807) is 0 Å². The third-order valence-electron chi connectivity index (χ3n) is 4.71. The first-order chi connectivity index (χ1) is 9.78. The highest BCUT2D eigenvalue weighted by Gasteiger charge is 2.29. The van der Waals surface area contributed by atoms with E-state index in [0.717, 1.165) is 6.04 Å². The molecular weight excluding hydrogens is 268 g/mol. The van der Waals surface area contributed by atoms with E-state index in [0.29, 0.717) is 6.04 Å². The maximum Gasteiger partial charge on any atom is 0.185 e. The largest absolute Gasteiger partial charge is 0.346 e. The van der Waals surface area contributed by atoms with Crippen LogP contribution in [-0.4, -0.2) is 49.2 Å². The van der Waals surface area contributed by atoms with Crippen LogP contribution in [0.4, 0.5) is 5.13 Å². The van der Waals surface area contributed by atoms with E-state index >= 15 is 0 Å². The molecule has 0 saturated carbocycles. The van der Waals surface area contributed by atoms with Crippen molar-refractivity contribution in [3.8, 4) is 0 Å². The molecule has 0 radical (unpaired) electrons. The topological polar surface area (TPSA) is 31.4 Å². The van der Waals surface area contributed by atoms with Crippen LogP contribution >= 0.6 is 11.3 Å². The van der Waals surface area contributed by atoms with Gasteiger partial charge in [-0.25, -0.2) is 4.98 Å². The van der Waals surface area contributed by atoms with Crippen LogP contribution in [0.5, 0.6) is 0 Å². The molecule has 0 bridgehead atoms. The molecule has 0 aliphatic carbocycles. The second-order valence-electron chi connectivity index (χ2n) is 6.04. The van der Waals surface area contributed by atoms with Gasteiger partial charge in [-0.1, -0.05) is 6.42 Å². The van der Waals surface area contributed by atoms with Gasteiger partial charge in [-0.2, -0.15) is 0 Å². The first-order valence-electron chi connectivity index (χ1n) is 7.90. The van der Waals surface area contributed by atoms with E-state index in [1.165, 1.54) is 61.9 Å². The van der Waals surface area contributed by atoms with Crippen LogP contribution in [0, 0.1) is 0 Å². The molecule has 1 aromatic rings. The van der Waals surface area contributed by atoms with E-state index in [-0.39, 0.29) is 0 Å². The van der Waals surface area contributed by atoms with E-state index in [2.05, 4.69) is 27.0 Å². The van der Waals surface area contributed by atoms with E-state index in [4.69, 9.17) is 0 Å². The summed E-state index contributed by atoms with van der Waals surface area (Å²) in [6.45, 7) is 7.14. The van der Waals surface area contributed by atoms with Gasteiger partial charge in [0.1, 0.15) is 0 Å². The lowest BCUT2D eigenvalue weighted by molar-refractivity contribution is 0.175. The number of anilines is 1. The van der Waals surface area contributed by atoms with Crippen LogP contribution in [0.1, 0.15) is 43.5 Å². The zero-order chi connectivity index (χ0) is 13.9. The van der Waals surface area contributed by atoms with E-state index < -0.39 is 0 Å². The summed E-state index contributed by atoms with van der Waals surface area (Å²) in [4.78, 5) is 11.2. The van der Waals surface area contributed by atoms with Gasteiger partial charge < -0.3 is 10.2 Å². The zero-order valence-electron chi connectivity index (χ0n) is 12.6. The Hall–Kier alpha value is -0.650. The summed E-state index contributed by atoms with van der Waals surface area (Å²) in [5.41, 5.74) is 0. The fourth-order valence-electron chi connectivity index (χ4n) is 3.26. The lowest BCUT2D eigenvalue weighted by Crippen LogP contribution is -2.40. The highest BCUT2D eigenvalue weighted by molar-refractivity contribution is 7.15. The van der Waals surface area contributed by atoms with Gasteiger partial charge in [0.2, 0.25) is 0 Å². The third-order valence-corrected chi connectivity index (χ3v) is 5.95. The molecule has 2 aliphatic rings. The predicted octanol–water partition coefficient (Wildman–Crippen LogP) is 2.49. The highest BCUT2D eigenvalue weighted by Crippen LogP contribution is 2.30. The lowest BCUT2D eigenvalue weighted by atomic mass is 10.1. The molecule has 1 N–H and O–H groups in total. The molecule has 2 aliphatic heterocycles. The normalized spacial score (nSPS) is 26.1. The number of rotatable bonds is 4. The second-order valence-corrected chi connectivity index (χ2v) is 7.08. The standard InChI is InChI=1S/C15H26N4S/c1-12(16-2)14-10-17-15(20-14)19-9-6-13(11-19)18-7-4-3-5-8-18/h10,12-13,16H,3-9,11H2,1-2H3. The maximum absolute atomic E-state index is 4.63. The maximum atomic E-state index is 4.63. The molecule has 20 heavy (non-hydrogen) atoms. The van der Waals surface area contributed by atoms with Crippen LogP contribution < -0.4 is 10.2 Å². The second kappa shape index (κ2) is 6.41. The number of nitrogens with zero attached hydrogens (tertiary/aromatic N) is 3. The molecule has 0 spiro atoms. The van der Waals surface area contributed by atoms with Gasteiger partial charge >= 0.3 is 0 Å². The van der Waals surface area contributed by atoms with Crippen molar-refractivity contribution in [1.82, 2.24) is 15.2 Å². The van der Waals surface area contributed by atoms with E-state index in [1.807, 2.05) is 24.6 Å². The molecule has 1 aromatic heterocycles. The Bertz CT molecular complexity index is 427. The van der Waals surface area contributed by atoms with Crippen molar-refractivity contribution in [1.29, 1.82) is 0 Å². The molecule has 112 valence electrons. The fourth-order valence-corrected chi connectivity index (χ4v) is 4.27. The molecule has 4 nitrogen and oxygen atoms in total. The Kier molecular flexibility index (Phi) is 4.58. The summed E-state index contributed by atoms with van der Waals surface area (Å²) in [6, 6.07) is 1.16. The molecule has 3 heterocycles. The van der Waals surface area contributed by atoms with Crippen molar-refractivity contribution in [3.05, 3.63) is 11.1 Å². The van der Waals surface area contributed by atoms with Crippen molar-refractivity contribution in [2.75, 3.05) is 38.1 Å². The van der Waals surface area contributed by atoms with Gasteiger partial charge in [0.05, 0.1) is 0 Å². The number of likely N-dealkylation sites (tertiary alicyclic amines) is 1. The van der Waals surface area contributed by atoms with Crippen LogP contribution in [0.25, 0.3) is 0 Å². The number of hydrogen-bond donors (Lipinski definition) is 1. The molecule has 5 heteroatoms. The van der Waals surface area contributed by atoms with Gasteiger partial charge in [-0.3, -0.25) is 4.90 Å². The SMILES string of the molecule is CNC(C)c1cnc(N2CCC(N3CCCCC3)C2)s1. The Morgan fingerprint density at radius 3 is 2.85 bits per heavy atom. The minimum atomic E-state index is 0.404. The average molecular weight is 294 g/mol. The Balaban J connectivity index is 1.60. The number of nitrogens with one attached hydrogen (secondary N) is 1. The lowest BCUT2D eigenvalue weighted by Gasteiger charge is -2.32. The van der Waals surface area contributed by atoms with Crippen LogP contribution in [0.3, 0.4) is 0 Å². The van der Waals surface area contributed by atoms with Crippen molar-refractivity contribution >= 4 is 16.5 Å². The smallest absolute Gasteiger partial charge is 0.185 e. The average Bonchev–Trinajstić information content (AvgIpc) is 3.16. The molecule has 0 aromatic carbocycles. The zero-order valence-corrected chi connectivity index (χ0v) is 13.5. The minimum Gasteiger partial charge on any atom is -0.346 e.